The van der Waals surface area contributed by atoms with Crippen molar-refractivity contribution >= 4 is 6.09 Å². The number of rotatable bonds is 1. The Balaban J connectivity index is 2.28. The number of ether oxygens (including phenoxy) is 1. The van der Waals surface area contributed by atoms with Gasteiger partial charge in [0.25, 0.3) is 0 Å². The molecule has 1 atom stereocenters. The van der Waals surface area contributed by atoms with Crippen LogP contribution < -0.4 is 5.32 Å². The maximum absolute atomic E-state index is 13.0. The fraction of sp³-hybridized carbons (Fsp3) is 0.300. The van der Waals surface area contributed by atoms with Crippen LogP contribution in [0.15, 0.2) is 18.2 Å². The monoisotopic (exact) mass is 211 g/mol. The standard InChI is InChI=1S/C10H10FNO3/c11-7-3-1-2-6(9(7)13)8-4-5-15-10(14)12-8/h1-3,8,13H,4-5H2,(H,12,14)/t8-/m0/s1. The average Bonchev–Trinajstić information content (AvgIpc) is 2.22. The third-order valence-corrected chi connectivity index (χ3v) is 2.33. The molecule has 1 aromatic carbocycles. The molecule has 1 aliphatic heterocycles. The quantitative estimate of drug-likeness (QED) is 0.743. The van der Waals surface area contributed by atoms with Crippen molar-refractivity contribution in [3.8, 4) is 5.75 Å². The summed E-state index contributed by atoms with van der Waals surface area (Å²) < 4.78 is 17.7. The number of aromatic hydroxyl groups is 1. The number of benzene rings is 1. The Morgan fingerprint density at radius 1 is 1.53 bits per heavy atom. The molecule has 80 valence electrons. The lowest BCUT2D eigenvalue weighted by Crippen LogP contribution is -2.35. The summed E-state index contributed by atoms with van der Waals surface area (Å²) in [5, 5.41) is 12.0. The lowest BCUT2D eigenvalue weighted by molar-refractivity contribution is 0.115. The van der Waals surface area contributed by atoms with Crippen molar-refractivity contribution in [2.75, 3.05) is 6.61 Å². The van der Waals surface area contributed by atoms with Gasteiger partial charge in [-0.15, -0.1) is 0 Å². The third-order valence-electron chi connectivity index (χ3n) is 2.33. The maximum atomic E-state index is 13.0. The molecule has 1 heterocycles. The number of amides is 1. The summed E-state index contributed by atoms with van der Waals surface area (Å²) in [4.78, 5) is 10.9. The van der Waals surface area contributed by atoms with Crippen molar-refractivity contribution in [3.63, 3.8) is 0 Å². The number of para-hydroxylation sites is 1. The number of hydrogen-bond acceptors (Lipinski definition) is 3. The van der Waals surface area contributed by atoms with Gasteiger partial charge in [0, 0.05) is 12.0 Å². The van der Waals surface area contributed by atoms with Crippen LogP contribution in [0.2, 0.25) is 0 Å². The van der Waals surface area contributed by atoms with E-state index in [0.717, 1.165) is 0 Å². The minimum atomic E-state index is -0.687. The Bertz CT molecular complexity index is 394. The molecular formula is C10H10FNO3. The Labute approximate surface area is 85.7 Å². The van der Waals surface area contributed by atoms with Gasteiger partial charge in [0.15, 0.2) is 11.6 Å². The van der Waals surface area contributed by atoms with Crippen LogP contribution in [-0.4, -0.2) is 17.8 Å². The predicted molar refractivity (Wildman–Crippen MR) is 49.9 cm³/mol. The highest BCUT2D eigenvalue weighted by Gasteiger charge is 2.23. The normalized spacial score (nSPS) is 20.6. The van der Waals surface area contributed by atoms with E-state index in [-0.39, 0.29) is 12.6 Å². The zero-order valence-corrected chi connectivity index (χ0v) is 7.87. The van der Waals surface area contributed by atoms with Crippen molar-refractivity contribution in [3.05, 3.63) is 29.6 Å². The van der Waals surface area contributed by atoms with Crippen LogP contribution in [0.1, 0.15) is 18.0 Å². The second-order valence-corrected chi connectivity index (χ2v) is 3.30. The molecule has 1 aliphatic rings. The highest BCUT2D eigenvalue weighted by Crippen LogP contribution is 2.29. The van der Waals surface area contributed by atoms with Gasteiger partial charge in [0.2, 0.25) is 0 Å². The number of cyclic esters (lactones) is 1. The summed E-state index contributed by atoms with van der Waals surface area (Å²) >= 11 is 0. The molecular weight excluding hydrogens is 201 g/mol. The van der Waals surface area contributed by atoms with Gasteiger partial charge in [-0.3, -0.25) is 0 Å². The molecule has 0 aromatic heterocycles. The number of carbonyl (C=O) groups excluding carboxylic acids is 1. The topological polar surface area (TPSA) is 58.6 Å². The van der Waals surface area contributed by atoms with E-state index >= 15 is 0 Å². The molecule has 4 nitrogen and oxygen atoms in total. The molecule has 0 aliphatic carbocycles. The molecule has 2 rings (SSSR count). The molecule has 0 spiro atoms. The Kier molecular flexibility index (Phi) is 2.45. The van der Waals surface area contributed by atoms with Crippen LogP contribution in [0.5, 0.6) is 5.75 Å². The van der Waals surface area contributed by atoms with Gasteiger partial charge in [-0.25, -0.2) is 9.18 Å². The first kappa shape index (κ1) is 9.76. The number of carbonyl (C=O) groups is 1. The zero-order valence-electron chi connectivity index (χ0n) is 7.87. The molecule has 1 aromatic rings. The molecule has 0 unspecified atom stereocenters. The Morgan fingerprint density at radius 3 is 3.07 bits per heavy atom. The average molecular weight is 211 g/mol. The van der Waals surface area contributed by atoms with E-state index in [0.29, 0.717) is 12.0 Å². The zero-order chi connectivity index (χ0) is 10.8. The number of phenolic OH excluding ortho intramolecular Hbond substituents is 1. The van der Waals surface area contributed by atoms with Crippen molar-refractivity contribution < 1.29 is 19.0 Å². The summed E-state index contributed by atoms with van der Waals surface area (Å²) in [5.74, 6) is -1.10. The highest BCUT2D eigenvalue weighted by atomic mass is 19.1. The van der Waals surface area contributed by atoms with Crippen LogP contribution in [0, 0.1) is 5.82 Å². The van der Waals surface area contributed by atoms with E-state index in [1.54, 1.807) is 6.07 Å². The number of hydrogen-bond donors (Lipinski definition) is 2. The van der Waals surface area contributed by atoms with Gasteiger partial charge in [-0.2, -0.15) is 0 Å². The first-order chi connectivity index (χ1) is 7.18. The third kappa shape index (κ3) is 1.86. The van der Waals surface area contributed by atoms with E-state index in [4.69, 9.17) is 0 Å². The van der Waals surface area contributed by atoms with Crippen LogP contribution in [0.25, 0.3) is 0 Å². The van der Waals surface area contributed by atoms with Crippen LogP contribution >= 0.6 is 0 Å². The van der Waals surface area contributed by atoms with Crippen LogP contribution in [0.3, 0.4) is 0 Å². The molecule has 1 saturated heterocycles. The first-order valence-corrected chi connectivity index (χ1v) is 4.59. The number of halogens is 1. The fourth-order valence-corrected chi connectivity index (χ4v) is 1.57. The largest absolute Gasteiger partial charge is 0.505 e. The predicted octanol–water partition coefficient (Wildman–Crippen LogP) is 1.70. The van der Waals surface area contributed by atoms with Crippen LogP contribution in [-0.2, 0) is 4.74 Å². The van der Waals surface area contributed by atoms with Gasteiger partial charge in [0.05, 0.1) is 12.6 Å². The maximum Gasteiger partial charge on any atom is 0.407 e. The summed E-state index contributed by atoms with van der Waals surface area (Å²) in [6.07, 6.45) is -0.0298. The van der Waals surface area contributed by atoms with Gasteiger partial charge < -0.3 is 15.2 Å². The molecule has 0 bridgehead atoms. The number of phenols is 1. The smallest absolute Gasteiger partial charge is 0.407 e. The molecule has 15 heavy (non-hydrogen) atoms. The van der Waals surface area contributed by atoms with Gasteiger partial charge in [0.1, 0.15) is 0 Å². The second-order valence-electron chi connectivity index (χ2n) is 3.30. The first-order valence-electron chi connectivity index (χ1n) is 4.59. The minimum Gasteiger partial charge on any atom is -0.505 e. The van der Waals surface area contributed by atoms with Gasteiger partial charge in [-0.05, 0) is 6.07 Å². The van der Waals surface area contributed by atoms with Crippen molar-refractivity contribution in [1.82, 2.24) is 5.32 Å². The van der Waals surface area contributed by atoms with E-state index in [1.165, 1.54) is 12.1 Å². The molecule has 0 saturated carbocycles. The summed E-state index contributed by atoms with van der Waals surface area (Å²) in [6, 6.07) is 3.85. The van der Waals surface area contributed by atoms with Crippen molar-refractivity contribution in [2.45, 2.75) is 12.5 Å². The molecule has 5 heteroatoms. The SMILES string of the molecule is O=C1N[C@H](c2cccc(F)c2O)CCO1. The highest BCUT2D eigenvalue weighted by molar-refractivity contribution is 5.68. The molecule has 1 amide bonds. The summed E-state index contributed by atoms with van der Waals surface area (Å²) in [6.45, 7) is 0.270. The molecule has 0 radical (unpaired) electrons. The van der Waals surface area contributed by atoms with Crippen molar-refractivity contribution in [2.24, 2.45) is 0 Å². The lowest BCUT2D eigenvalue weighted by atomic mass is 10.0. The summed E-state index contributed by atoms with van der Waals surface area (Å²) in [7, 11) is 0. The Hall–Kier alpha value is -1.78. The van der Waals surface area contributed by atoms with E-state index < -0.39 is 17.7 Å². The fourth-order valence-electron chi connectivity index (χ4n) is 1.57. The van der Waals surface area contributed by atoms with Gasteiger partial charge in [-0.1, -0.05) is 12.1 Å². The molecule has 2 N–H and O–H groups in total. The van der Waals surface area contributed by atoms with Crippen LogP contribution in [0.4, 0.5) is 9.18 Å². The van der Waals surface area contributed by atoms with Gasteiger partial charge >= 0.3 is 6.09 Å². The van der Waals surface area contributed by atoms with E-state index in [2.05, 4.69) is 10.1 Å². The van der Waals surface area contributed by atoms with E-state index in [9.17, 15) is 14.3 Å². The Morgan fingerprint density at radius 2 is 2.33 bits per heavy atom. The van der Waals surface area contributed by atoms with E-state index in [1.807, 2.05) is 0 Å². The summed E-state index contributed by atoms with van der Waals surface area (Å²) in [5.41, 5.74) is 0.381. The number of nitrogens with one attached hydrogen (secondary N) is 1. The minimum absolute atomic E-state index is 0.270. The lowest BCUT2D eigenvalue weighted by Gasteiger charge is -2.24. The van der Waals surface area contributed by atoms with Crippen molar-refractivity contribution in [1.29, 1.82) is 0 Å². The second kappa shape index (κ2) is 3.76. The molecule has 1 fully saturated rings. The number of alkyl carbamates (subject to hydrolysis) is 1.